The zero-order valence-corrected chi connectivity index (χ0v) is 19.8. The maximum atomic E-state index is 13.6. The van der Waals surface area contributed by atoms with E-state index in [2.05, 4.69) is 15.6 Å². The molecule has 1 aromatic heterocycles. The summed E-state index contributed by atoms with van der Waals surface area (Å²) in [5.41, 5.74) is 7.38. The number of aromatic nitrogens is 1. The first kappa shape index (κ1) is 24.0. The Bertz CT molecular complexity index is 1260. The number of para-hydroxylation sites is 1. The molecule has 3 aromatic rings. The van der Waals surface area contributed by atoms with Crippen LogP contribution < -0.4 is 21.1 Å². The SMILES string of the molecule is COc1ccccc1C(NC(C)=O)C(=O)N1CCCC1C(=O)NCc1ccc2c(N)nccc2c1. The lowest BCUT2D eigenvalue weighted by Gasteiger charge is -2.29. The summed E-state index contributed by atoms with van der Waals surface area (Å²) in [7, 11) is 1.51. The highest BCUT2D eigenvalue weighted by Crippen LogP contribution is 2.29. The summed E-state index contributed by atoms with van der Waals surface area (Å²) in [6.45, 7) is 2.11. The number of ether oxygens (including phenoxy) is 1. The van der Waals surface area contributed by atoms with Gasteiger partial charge in [-0.2, -0.15) is 0 Å². The summed E-state index contributed by atoms with van der Waals surface area (Å²) >= 11 is 0. The van der Waals surface area contributed by atoms with Crippen LogP contribution in [0.2, 0.25) is 0 Å². The van der Waals surface area contributed by atoms with Gasteiger partial charge in [0.25, 0.3) is 5.91 Å². The van der Waals surface area contributed by atoms with Crippen LogP contribution in [0.5, 0.6) is 5.75 Å². The lowest BCUT2D eigenvalue weighted by atomic mass is 10.0. The summed E-state index contributed by atoms with van der Waals surface area (Å²) in [6.07, 6.45) is 2.90. The average Bonchev–Trinajstić information content (AvgIpc) is 3.35. The van der Waals surface area contributed by atoms with Gasteiger partial charge in [0, 0.05) is 37.2 Å². The van der Waals surface area contributed by atoms with Crippen molar-refractivity contribution in [2.24, 2.45) is 0 Å². The molecule has 2 unspecified atom stereocenters. The fourth-order valence-corrected chi connectivity index (χ4v) is 4.52. The highest BCUT2D eigenvalue weighted by atomic mass is 16.5. The van der Waals surface area contributed by atoms with Crippen molar-refractivity contribution in [1.82, 2.24) is 20.5 Å². The number of fused-ring (bicyclic) bond motifs is 1. The summed E-state index contributed by atoms with van der Waals surface area (Å²) < 4.78 is 5.41. The van der Waals surface area contributed by atoms with E-state index in [9.17, 15) is 14.4 Å². The molecule has 0 aliphatic carbocycles. The number of nitrogens with one attached hydrogen (secondary N) is 2. The van der Waals surface area contributed by atoms with Crippen LogP contribution in [-0.2, 0) is 20.9 Å². The molecular formula is C26H29N5O4. The molecule has 9 heteroatoms. The second kappa shape index (κ2) is 10.4. The van der Waals surface area contributed by atoms with Gasteiger partial charge >= 0.3 is 0 Å². The van der Waals surface area contributed by atoms with Gasteiger partial charge in [-0.15, -0.1) is 0 Å². The third-order valence-corrected chi connectivity index (χ3v) is 6.21. The zero-order chi connectivity index (χ0) is 24.9. The second-order valence-electron chi connectivity index (χ2n) is 8.53. The molecular weight excluding hydrogens is 446 g/mol. The Hall–Kier alpha value is -4.14. The van der Waals surface area contributed by atoms with Crippen molar-refractivity contribution in [1.29, 1.82) is 0 Å². The quantitative estimate of drug-likeness (QED) is 0.481. The van der Waals surface area contributed by atoms with Gasteiger partial charge in [-0.25, -0.2) is 4.98 Å². The predicted molar refractivity (Wildman–Crippen MR) is 132 cm³/mol. The summed E-state index contributed by atoms with van der Waals surface area (Å²) in [5, 5.41) is 7.48. The second-order valence-corrected chi connectivity index (χ2v) is 8.53. The number of carbonyl (C=O) groups is 3. The van der Waals surface area contributed by atoms with Crippen LogP contribution in [0.1, 0.15) is 36.9 Å². The molecule has 4 rings (SSSR count). The van der Waals surface area contributed by atoms with Crippen molar-refractivity contribution in [3.8, 4) is 5.75 Å². The largest absolute Gasteiger partial charge is 0.496 e. The van der Waals surface area contributed by atoms with Crippen molar-refractivity contribution >= 4 is 34.3 Å². The number of pyridine rings is 1. The number of amides is 3. The van der Waals surface area contributed by atoms with Gasteiger partial charge in [0.15, 0.2) is 0 Å². The Kier molecular flexibility index (Phi) is 7.14. The van der Waals surface area contributed by atoms with Crippen molar-refractivity contribution in [3.05, 3.63) is 65.9 Å². The van der Waals surface area contributed by atoms with Crippen LogP contribution in [-0.4, -0.2) is 47.3 Å². The number of hydrogen-bond acceptors (Lipinski definition) is 6. The highest BCUT2D eigenvalue weighted by Gasteiger charge is 2.38. The van der Waals surface area contributed by atoms with Crippen LogP contribution in [0.25, 0.3) is 10.8 Å². The maximum absolute atomic E-state index is 13.6. The number of rotatable bonds is 7. The van der Waals surface area contributed by atoms with Crippen molar-refractivity contribution in [2.45, 2.75) is 38.4 Å². The first-order valence-electron chi connectivity index (χ1n) is 11.5. The highest BCUT2D eigenvalue weighted by molar-refractivity contribution is 5.94. The van der Waals surface area contributed by atoms with Gasteiger partial charge in [0.05, 0.1) is 7.11 Å². The van der Waals surface area contributed by atoms with Crippen LogP contribution in [0, 0.1) is 0 Å². The van der Waals surface area contributed by atoms with E-state index < -0.39 is 12.1 Å². The molecule has 4 N–H and O–H groups in total. The Labute approximate surface area is 203 Å². The monoisotopic (exact) mass is 475 g/mol. The fraction of sp³-hybridized carbons (Fsp3) is 0.308. The molecule has 0 spiro atoms. The van der Waals surface area contributed by atoms with Crippen LogP contribution in [0.15, 0.2) is 54.7 Å². The van der Waals surface area contributed by atoms with Gasteiger partial charge in [-0.05, 0) is 42.0 Å². The van der Waals surface area contributed by atoms with E-state index in [0.717, 1.165) is 16.3 Å². The number of nitrogens with zero attached hydrogens (tertiary/aromatic N) is 2. The Morgan fingerprint density at radius 1 is 1.20 bits per heavy atom. The van der Waals surface area contributed by atoms with Gasteiger partial charge < -0.3 is 26.0 Å². The molecule has 182 valence electrons. The van der Waals surface area contributed by atoms with E-state index in [-0.39, 0.29) is 17.7 Å². The van der Waals surface area contributed by atoms with E-state index in [1.165, 1.54) is 14.0 Å². The number of nitrogens with two attached hydrogens (primary N) is 1. The molecule has 2 aromatic carbocycles. The molecule has 1 fully saturated rings. The Balaban J connectivity index is 1.49. The van der Waals surface area contributed by atoms with Gasteiger partial charge in [0.2, 0.25) is 11.8 Å². The predicted octanol–water partition coefficient (Wildman–Crippen LogP) is 2.31. The van der Waals surface area contributed by atoms with Crippen molar-refractivity contribution in [3.63, 3.8) is 0 Å². The van der Waals surface area contributed by atoms with E-state index in [0.29, 0.717) is 43.1 Å². The Morgan fingerprint density at radius 2 is 2.00 bits per heavy atom. The minimum absolute atomic E-state index is 0.230. The first-order valence-corrected chi connectivity index (χ1v) is 11.5. The zero-order valence-electron chi connectivity index (χ0n) is 19.8. The minimum atomic E-state index is -0.948. The molecule has 1 aliphatic heterocycles. The molecule has 3 amide bonds. The summed E-state index contributed by atoms with van der Waals surface area (Å²) in [5.74, 6) is 0.0401. The third kappa shape index (κ3) is 5.18. The molecule has 0 bridgehead atoms. The molecule has 35 heavy (non-hydrogen) atoms. The van der Waals surface area contributed by atoms with E-state index in [1.54, 1.807) is 35.4 Å². The summed E-state index contributed by atoms with van der Waals surface area (Å²) in [6, 6.07) is 13.1. The van der Waals surface area contributed by atoms with Crippen LogP contribution in [0.4, 0.5) is 5.82 Å². The minimum Gasteiger partial charge on any atom is -0.496 e. The molecule has 1 saturated heterocycles. The summed E-state index contributed by atoms with van der Waals surface area (Å²) in [4.78, 5) is 44.2. The van der Waals surface area contributed by atoms with Crippen LogP contribution >= 0.6 is 0 Å². The van der Waals surface area contributed by atoms with Crippen molar-refractivity contribution in [2.75, 3.05) is 19.4 Å². The Morgan fingerprint density at radius 3 is 2.77 bits per heavy atom. The maximum Gasteiger partial charge on any atom is 0.250 e. The number of anilines is 1. The number of carbonyl (C=O) groups excluding carboxylic acids is 3. The van der Waals surface area contributed by atoms with E-state index in [4.69, 9.17) is 10.5 Å². The van der Waals surface area contributed by atoms with Gasteiger partial charge in [-0.1, -0.05) is 30.3 Å². The van der Waals surface area contributed by atoms with Gasteiger partial charge in [0.1, 0.15) is 23.7 Å². The van der Waals surface area contributed by atoms with Crippen LogP contribution in [0.3, 0.4) is 0 Å². The fourth-order valence-electron chi connectivity index (χ4n) is 4.52. The average molecular weight is 476 g/mol. The normalized spacial score (nSPS) is 16.1. The molecule has 0 saturated carbocycles. The number of hydrogen-bond donors (Lipinski definition) is 3. The first-order chi connectivity index (χ1) is 16.9. The number of benzene rings is 2. The molecule has 0 radical (unpaired) electrons. The lowest BCUT2D eigenvalue weighted by molar-refractivity contribution is -0.141. The molecule has 2 atom stereocenters. The smallest absolute Gasteiger partial charge is 0.250 e. The number of methoxy groups -OCH3 is 1. The topological polar surface area (TPSA) is 127 Å². The van der Waals surface area contributed by atoms with E-state index >= 15 is 0 Å². The van der Waals surface area contributed by atoms with Crippen molar-refractivity contribution < 1.29 is 19.1 Å². The standard InChI is InChI=1S/C26H29N5O4/c1-16(32)30-23(20-6-3-4-8-22(20)35-2)26(34)31-13-5-7-21(31)25(33)29-15-17-9-10-19-18(14-17)11-12-28-24(19)27/h3-4,6,8-12,14,21,23H,5,7,13,15H2,1-2H3,(H2,27,28)(H,29,33)(H,30,32). The number of nitrogen functional groups attached to an aromatic ring is 1. The van der Waals surface area contributed by atoms with E-state index in [1.807, 2.05) is 24.3 Å². The number of likely N-dealkylation sites (tertiary alicyclic amines) is 1. The molecule has 9 nitrogen and oxygen atoms in total. The molecule has 1 aliphatic rings. The third-order valence-electron chi connectivity index (χ3n) is 6.21. The lowest BCUT2D eigenvalue weighted by Crippen LogP contribution is -2.49. The molecule has 2 heterocycles. The van der Waals surface area contributed by atoms with Gasteiger partial charge in [-0.3, -0.25) is 14.4 Å².